The quantitative estimate of drug-likeness (QED) is 0.645. The number of fused-ring (bicyclic) bond motifs is 1. The molecule has 0 N–H and O–H groups in total. The molecule has 3 aromatic rings. The molecule has 162 valence electrons. The number of amides is 1. The van der Waals surface area contributed by atoms with Gasteiger partial charge in [0.25, 0.3) is 11.5 Å². The monoisotopic (exact) mass is 422 g/mol. The molecule has 0 atom stereocenters. The van der Waals surface area contributed by atoms with Crippen molar-refractivity contribution >= 4 is 22.4 Å². The fourth-order valence-corrected chi connectivity index (χ4v) is 4.04. The van der Waals surface area contributed by atoms with Gasteiger partial charge >= 0.3 is 0 Å². The molecule has 6 nitrogen and oxygen atoms in total. The normalized spacial score (nSPS) is 14.8. The first kappa shape index (κ1) is 21.0. The number of anilines is 1. The molecule has 0 aliphatic carbocycles. The van der Waals surface area contributed by atoms with Crippen molar-refractivity contribution in [3.8, 4) is 0 Å². The fraction of sp³-hybridized carbons (Fsp3) is 0.375. The summed E-state index contributed by atoms with van der Waals surface area (Å²) in [6, 6.07) is 13.6. The summed E-state index contributed by atoms with van der Waals surface area (Å²) in [5, 5.41) is 5.60. The van der Waals surface area contributed by atoms with Gasteiger partial charge in [0.05, 0.1) is 5.39 Å². The summed E-state index contributed by atoms with van der Waals surface area (Å²) in [6.07, 6.45) is 0.798. The zero-order valence-electron chi connectivity index (χ0n) is 17.9. The molecule has 1 aromatic heterocycles. The van der Waals surface area contributed by atoms with Gasteiger partial charge in [-0.2, -0.15) is 5.10 Å². The summed E-state index contributed by atoms with van der Waals surface area (Å²) < 4.78 is 14.7. The smallest absolute Gasteiger partial charge is 0.275 e. The molecule has 1 aliphatic heterocycles. The highest BCUT2D eigenvalue weighted by atomic mass is 19.1. The van der Waals surface area contributed by atoms with Crippen molar-refractivity contribution in [1.82, 2.24) is 14.7 Å². The Balaban J connectivity index is 1.62. The summed E-state index contributed by atoms with van der Waals surface area (Å²) in [5.74, 6) is -0.184. The van der Waals surface area contributed by atoms with E-state index in [1.54, 1.807) is 24.3 Å². The van der Waals surface area contributed by atoms with Gasteiger partial charge in [-0.05, 0) is 42.7 Å². The Morgan fingerprint density at radius 2 is 1.71 bits per heavy atom. The maximum Gasteiger partial charge on any atom is 0.275 e. The summed E-state index contributed by atoms with van der Waals surface area (Å²) >= 11 is 0. The van der Waals surface area contributed by atoms with Gasteiger partial charge in [-0.15, -0.1) is 0 Å². The van der Waals surface area contributed by atoms with Crippen molar-refractivity contribution in [1.29, 1.82) is 0 Å². The topological polar surface area (TPSA) is 58.4 Å². The van der Waals surface area contributed by atoms with Crippen LogP contribution in [0, 0.1) is 11.7 Å². The SMILES string of the molecule is CC(C)Cn1nc(C(=O)N2CCCN(c3ccc(F)cc3)CC2)c2ccccc2c1=O. The molecule has 2 heterocycles. The number of halogens is 1. The second-order valence-corrected chi connectivity index (χ2v) is 8.38. The molecule has 0 spiro atoms. The third-order valence-corrected chi connectivity index (χ3v) is 5.58. The molecule has 1 aliphatic rings. The number of hydrogen-bond acceptors (Lipinski definition) is 4. The van der Waals surface area contributed by atoms with Gasteiger partial charge in [0.1, 0.15) is 5.82 Å². The summed E-state index contributed by atoms with van der Waals surface area (Å²) in [5.41, 5.74) is 1.11. The molecule has 7 heteroatoms. The molecule has 1 fully saturated rings. The van der Waals surface area contributed by atoms with Crippen molar-refractivity contribution < 1.29 is 9.18 Å². The van der Waals surface area contributed by atoms with E-state index in [0.717, 1.165) is 18.7 Å². The predicted molar refractivity (Wildman–Crippen MR) is 120 cm³/mol. The molecule has 31 heavy (non-hydrogen) atoms. The number of nitrogens with zero attached hydrogens (tertiary/aromatic N) is 4. The molecule has 2 aromatic carbocycles. The number of hydrogen-bond donors (Lipinski definition) is 0. The lowest BCUT2D eigenvalue weighted by molar-refractivity contribution is 0.0760. The standard InChI is InChI=1S/C24H27FN4O2/c1-17(2)16-29-23(30)21-7-4-3-6-20(21)22(26-29)24(31)28-13-5-12-27(14-15-28)19-10-8-18(25)9-11-19/h3-4,6-11,17H,5,12-16H2,1-2H3. The molecule has 0 unspecified atom stereocenters. The Morgan fingerprint density at radius 1 is 1.00 bits per heavy atom. The minimum Gasteiger partial charge on any atom is -0.370 e. The van der Waals surface area contributed by atoms with Crippen LogP contribution < -0.4 is 10.5 Å². The van der Waals surface area contributed by atoms with Crippen LogP contribution in [0.2, 0.25) is 0 Å². The highest BCUT2D eigenvalue weighted by molar-refractivity contribution is 6.04. The van der Waals surface area contributed by atoms with Gasteiger partial charge in [-0.25, -0.2) is 9.07 Å². The van der Waals surface area contributed by atoms with E-state index >= 15 is 0 Å². The van der Waals surface area contributed by atoms with E-state index < -0.39 is 0 Å². The Labute approximate surface area is 180 Å². The van der Waals surface area contributed by atoms with E-state index in [1.807, 2.05) is 30.9 Å². The Hall–Kier alpha value is -3.22. The average molecular weight is 423 g/mol. The van der Waals surface area contributed by atoms with Crippen LogP contribution in [0.3, 0.4) is 0 Å². The zero-order chi connectivity index (χ0) is 22.0. The maximum absolute atomic E-state index is 13.5. The largest absolute Gasteiger partial charge is 0.370 e. The Morgan fingerprint density at radius 3 is 2.42 bits per heavy atom. The summed E-state index contributed by atoms with van der Waals surface area (Å²) in [7, 11) is 0. The Bertz CT molecular complexity index is 1140. The van der Waals surface area contributed by atoms with E-state index in [0.29, 0.717) is 42.6 Å². The van der Waals surface area contributed by atoms with Crippen LogP contribution in [0.5, 0.6) is 0 Å². The molecule has 4 rings (SSSR count). The van der Waals surface area contributed by atoms with E-state index in [2.05, 4.69) is 10.00 Å². The van der Waals surface area contributed by atoms with E-state index in [1.165, 1.54) is 16.8 Å². The van der Waals surface area contributed by atoms with Gasteiger partial charge in [0.15, 0.2) is 5.69 Å². The van der Waals surface area contributed by atoms with Crippen LogP contribution >= 0.6 is 0 Å². The molecule has 0 saturated carbocycles. The van der Waals surface area contributed by atoms with Crippen LogP contribution in [-0.2, 0) is 6.54 Å². The van der Waals surface area contributed by atoms with Gasteiger partial charge in [-0.1, -0.05) is 32.0 Å². The Kier molecular flexibility index (Phi) is 6.02. The van der Waals surface area contributed by atoms with E-state index in [9.17, 15) is 14.0 Å². The van der Waals surface area contributed by atoms with E-state index in [-0.39, 0.29) is 23.2 Å². The van der Waals surface area contributed by atoms with Crippen LogP contribution in [0.15, 0.2) is 53.3 Å². The number of benzene rings is 2. The molecule has 1 amide bonds. The van der Waals surface area contributed by atoms with Crippen molar-refractivity contribution in [2.45, 2.75) is 26.8 Å². The zero-order valence-corrected chi connectivity index (χ0v) is 17.9. The van der Waals surface area contributed by atoms with Crippen molar-refractivity contribution in [2.24, 2.45) is 5.92 Å². The first-order valence-corrected chi connectivity index (χ1v) is 10.7. The van der Waals surface area contributed by atoms with Crippen LogP contribution in [0.25, 0.3) is 10.8 Å². The van der Waals surface area contributed by atoms with Gasteiger partial charge < -0.3 is 9.80 Å². The summed E-state index contributed by atoms with van der Waals surface area (Å²) in [6.45, 7) is 7.08. The second kappa shape index (κ2) is 8.88. The minimum atomic E-state index is -0.259. The van der Waals surface area contributed by atoms with Gasteiger partial charge in [-0.3, -0.25) is 9.59 Å². The first-order chi connectivity index (χ1) is 14.9. The number of aromatic nitrogens is 2. The highest BCUT2D eigenvalue weighted by Crippen LogP contribution is 2.20. The maximum atomic E-state index is 13.5. The average Bonchev–Trinajstić information content (AvgIpc) is 3.02. The van der Waals surface area contributed by atoms with E-state index in [4.69, 9.17) is 0 Å². The number of carbonyl (C=O) groups excluding carboxylic acids is 1. The van der Waals surface area contributed by atoms with Gasteiger partial charge in [0, 0.05) is 43.8 Å². The second-order valence-electron chi connectivity index (χ2n) is 8.38. The van der Waals surface area contributed by atoms with Crippen molar-refractivity contribution in [3.05, 3.63) is 70.4 Å². The van der Waals surface area contributed by atoms with Crippen LogP contribution in [0.4, 0.5) is 10.1 Å². The molecular formula is C24H27FN4O2. The van der Waals surface area contributed by atoms with Crippen LogP contribution in [0.1, 0.15) is 30.8 Å². The third kappa shape index (κ3) is 4.45. The number of carbonyl (C=O) groups is 1. The van der Waals surface area contributed by atoms with Crippen molar-refractivity contribution in [3.63, 3.8) is 0 Å². The molecule has 1 saturated heterocycles. The lowest BCUT2D eigenvalue weighted by Gasteiger charge is -2.24. The van der Waals surface area contributed by atoms with Crippen LogP contribution in [-0.4, -0.2) is 46.8 Å². The van der Waals surface area contributed by atoms with Crippen molar-refractivity contribution in [2.75, 3.05) is 31.1 Å². The minimum absolute atomic E-state index is 0.158. The lowest BCUT2D eigenvalue weighted by atomic mass is 10.1. The number of rotatable bonds is 4. The lowest BCUT2D eigenvalue weighted by Crippen LogP contribution is -2.37. The molecular weight excluding hydrogens is 395 g/mol. The third-order valence-electron chi connectivity index (χ3n) is 5.58. The molecule has 0 radical (unpaired) electrons. The van der Waals surface area contributed by atoms with Gasteiger partial charge in [0.2, 0.25) is 0 Å². The summed E-state index contributed by atoms with van der Waals surface area (Å²) in [4.78, 5) is 30.3. The first-order valence-electron chi connectivity index (χ1n) is 10.7. The molecule has 0 bridgehead atoms. The predicted octanol–water partition coefficient (Wildman–Crippen LogP) is 3.54. The highest BCUT2D eigenvalue weighted by Gasteiger charge is 2.25. The fourth-order valence-electron chi connectivity index (χ4n) is 4.04.